The summed E-state index contributed by atoms with van der Waals surface area (Å²) in [4.78, 5) is 50.2. The number of aromatic carboxylic acids is 1. The quantitative estimate of drug-likeness (QED) is 0.246. The second kappa shape index (κ2) is 11.6. The lowest BCUT2D eigenvalue weighted by Crippen LogP contribution is -2.46. The van der Waals surface area contributed by atoms with Crippen LogP contribution in [-0.4, -0.2) is 45.9 Å². The molecular formula is C31H27N5O6. The molecule has 11 heteroatoms. The number of carboxylic acid groups (broad SMARTS) is 1. The van der Waals surface area contributed by atoms with Crippen LogP contribution in [0.5, 0.6) is 0 Å². The summed E-state index contributed by atoms with van der Waals surface area (Å²) in [6.07, 6.45) is 6.50. The molecule has 0 fully saturated rings. The van der Waals surface area contributed by atoms with E-state index in [1.807, 2.05) is 49.3 Å². The van der Waals surface area contributed by atoms with Gasteiger partial charge in [-0.3, -0.25) is 14.8 Å². The van der Waals surface area contributed by atoms with Gasteiger partial charge in [-0.05, 0) is 66.1 Å². The van der Waals surface area contributed by atoms with Gasteiger partial charge in [0, 0.05) is 31.2 Å². The fourth-order valence-electron chi connectivity index (χ4n) is 4.64. The van der Waals surface area contributed by atoms with Crippen LogP contribution in [0.15, 0.2) is 82.8 Å². The highest BCUT2D eigenvalue weighted by Gasteiger charge is 2.32. The van der Waals surface area contributed by atoms with E-state index in [1.165, 1.54) is 18.3 Å². The van der Waals surface area contributed by atoms with Crippen LogP contribution in [0.3, 0.4) is 0 Å². The van der Waals surface area contributed by atoms with E-state index >= 15 is 0 Å². The molecule has 0 atom stereocenters. The maximum Gasteiger partial charge on any atom is 0.339 e. The smallest absolute Gasteiger partial charge is 0.339 e. The lowest BCUT2D eigenvalue weighted by atomic mass is 10.1. The highest BCUT2D eigenvalue weighted by Crippen LogP contribution is 2.22. The molecule has 1 aliphatic rings. The summed E-state index contributed by atoms with van der Waals surface area (Å²) in [5.74, 6) is -1.93. The first-order chi connectivity index (χ1) is 20.2. The molecule has 212 valence electrons. The van der Waals surface area contributed by atoms with Gasteiger partial charge in [0.2, 0.25) is 0 Å². The summed E-state index contributed by atoms with van der Waals surface area (Å²) in [6.45, 7) is 1.62. The number of benzene rings is 2. The fourth-order valence-corrected chi connectivity index (χ4v) is 4.64. The van der Waals surface area contributed by atoms with Gasteiger partial charge in [0.25, 0.3) is 11.5 Å². The van der Waals surface area contributed by atoms with Crippen molar-refractivity contribution in [2.24, 2.45) is 5.10 Å². The first-order valence-electron chi connectivity index (χ1n) is 12.9. The number of carbonyl (C=O) groups excluding carboxylic acids is 1. The molecule has 0 bridgehead atoms. The van der Waals surface area contributed by atoms with E-state index in [-0.39, 0.29) is 34.3 Å². The highest BCUT2D eigenvalue weighted by atomic mass is 17.1. The molecule has 4 aromatic rings. The largest absolute Gasteiger partial charge is 0.478 e. The minimum absolute atomic E-state index is 0.0214. The van der Waals surface area contributed by atoms with Gasteiger partial charge in [-0.25, -0.2) is 19.2 Å². The molecule has 0 saturated carbocycles. The van der Waals surface area contributed by atoms with Crippen LogP contribution < -0.4 is 26.2 Å². The molecule has 0 saturated heterocycles. The highest BCUT2D eigenvalue weighted by molar-refractivity contribution is 6.08. The predicted molar refractivity (Wildman–Crippen MR) is 157 cm³/mol. The van der Waals surface area contributed by atoms with Crippen LogP contribution >= 0.6 is 0 Å². The maximum atomic E-state index is 14.0. The Morgan fingerprint density at radius 1 is 1.05 bits per heavy atom. The molecule has 3 heterocycles. The first kappa shape index (κ1) is 28.1. The minimum atomic E-state index is -1.28. The van der Waals surface area contributed by atoms with Crippen LogP contribution in [0.4, 0.5) is 11.4 Å². The Kier molecular flexibility index (Phi) is 7.78. The number of aromatic nitrogens is 2. The molecule has 2 aromatic carbocycles. The summed E-state index contributed by atoms with van der Waals surface area (Å²) >= 11 is 0. The number of nitrogens with zero attached hydrogens (tertiary/aromatic N) is 5. The van der Waals surface area contributed by atoms with Crippen LogP contribution in [-0.2, 0) is 11.5 Å². The molecule has 5 rings (SSSR count). The van der Waals surface area contributed by atoms with Crippen molar-refractivity contribution < 1.29 is 24.8 Å². The number of amides is 1. The standard InChI is InChI=1S/C31H27N5O6/c1-19-24(7-4-6-20-9-13-22(14-10-20)34(2)3)29(37)35(27-25(31(39)40)8-5-17-32-27)28-26(19)30(38)36(33-28)23-15-11-21(12-16-23)18-42-41/h4-17,41H,18H2,1-3H3,(H,39,40)/b6-4+,24-7+. The lowest BCUT2D eigenvalue weighted by molar-refractivity contribution is -0.253. The third-order valence-corrected chi connectivity index (χ3v) is 6.85. The number of hydrogen-bond donors (Lipinski definition) is 2. The third kappa shape index (κ3) is 5.21. The molecule has 0 radical (unpaired) electrons. The Bertz CT molecular complexity index is 1890. The van der Waals surface area contributed by atoms with Crippen LogP contribution in [0, 0.1) is 6.92 Å². The van der Waals surface area contributed by atoms with Crippen LogP contribution in [0.2, 0.25) is 0 Å². The number of carbonyl (C=O) groups is 2. The van der Waals surface area contributed by atoms with E-state index in [0.717, 1.165) is 20.8 Å². The molecule has 0 unspecified atom stereocenters. The van der Waals surface area contributed by atoms with Gasteiger partial charge in [-0.2, -0.15) is 5.01 Å². The average Bonchev–Trinajstić information content (AvgIpc) is 3.32. The summed E-state index contributed by atoms with van der Waals surface area (Å²) < 4.78 is 1.07. The molecular weight excluding hydrogens is 538 g/mol. The van der Waals surface area contributed by atoms with Gasteiger partial charge in [-0.15, -0.1) is 5.10 Å². The van der Waals surface area contributed by atoms with Gasteiger partial charge >= 0.3 is 5.97 Å². The Labute approximate surface area is 240 Å². The van der Waals surface area contributed by atoms with Crippen LogP contribution in [0.1, 0.15) is 37.4 Å². The van der Waals surface area contributed by atoms with Crippen LogP contribution in [0.25, 0.3) is 18.0 Å². The van der Waals surface area contributed by atoms with Crippen molar-refractivity contribution >= 4 is 35.4 Å². The zero-order valence-electron chi connectivity index (χ0n) is 23.1. The Morgan fingerprint density at radius 3 is 2.40 bits per heavy atom. The molecule has 2 N–H and O–H groups in total. The Hall–Kier alpha value is -5.39. The summed E-state index contributed by atoms with van der Waals surface area (Å²) in [5.41, 5.74) is 2.74. The summed E-state index contributed by atoms with van der Waals surface area (Å²) in [5, 5.41) is 24.4. The fraction of sp³-hybridized carbons (Fsp3) is 0.129. The second-order valence-electron chi connectivity index (χ2n) is 9.73. The topological polar surface area (TPSA) is 138 Å². The summed E-state index contributed by atoms with van der Waals surface area (Å²) in [6, 6.07) is 17.2. The number of hydrogen-bond acceptors (Lipinski definition) is 8. The SMILES string of the molecule is Cc1c2c(n(-c3ncccc3C(=O)O)c(=O)/c1=C/C=C/c1ccc(N(C)C)cc1)=NN(c1ccc(COO)cc1)C2=O. The number of fused-ring (bicyclic) bond motifs is 1. The van der Waals surface area contributed by atoms with Crippen molar-refractivity contribution in [3.63, 3.8) is 0 Å². The van der Waals surface area contributed by atoms with Gasteiger partial charge in [0.05, 0.1) is 11.3 Å². The van der Waals surface area contributed by atoms with Crippen molar-refractivity contribution in [1.82, 2.24) is 9.55 Å². The van der Waals surface area contributed by atoms with E-state index in [4.69, 9.17) is 5.26 Å². The number of rotatable bonds is 8. The van der Waals surface area contributed by atoms with Gasteiger partial charge < -0.3 is 10.0 Å². The van der Waals surface area contributed by atoms with E-state index in [2.05, 4.69) is 15.0 Å². The minimum Gasteiger partial charge on any atom is -0.478 e. The molecule has 11 nitrogen and oxygen atoms in total. The molecule has 0 spiro atoms. The normalized spacial score (nSPS) is 13.0. The average molecular weight is 566 g/mol. The molecule has 42 heavy (non-hydrogen) atoms. The zero-order valence-corrected chi connectivity index (χ0v) is 23.1. The second-order valence-corrected chi connectivity index (χ2v) is 9.73. The summed E-state index contributed by atoms with van der Waals surface area (Å²) in [7, 11) is 3.90. The predicted octanol–water partition coefficient (Wildman–Crippen LogP) is 2.98. The van der Waals surface area contributed by atoms with Gasteiger partial charge in [-0.1, -0.05) is 36.4 Å². The maximum absolute atomic E-state index is 14.0. The molecule has 1 aliphatic heterocycles. The number of allylic oxidation sites excluding steroid dienone is 1. The molecule has 2 aromatic heterocycles. The van der Waals surface area contributed by atoms with Gasteiger partial charge in [0.1, 0.15) is 12.2 Å². The van der Waals surface area contributed by atoms with E-state index in [9.17, 15) is 19.5 Å². The number of anilines is 2. The van der Waals surface area contributed by atoms with Crippen molar-refractivity contribution in [3.8, 4) is 5.82 Å². The van der Waals surface area contributed by atoms with E-state index < -0.39 is 17.4 Å². The molecule has 1 amide bonds. The van der Waals surface area contributed by atoms with Crippen molar-refractivity contribution in [1.29, 1.82) is 0 Å². The Morgan fingerprint density at radius 2 is 1.76 bits per heavy atom. The van der Waals surface area contributed by atoms with Crippen molar-refractivity contribution in [3.05, 3.63) is 122 Å². The van der Waals surface area contributed by atoms with E-state index in [0.29, 0.717) is 16.8 Å². The number of pyridine rings is 2. The number of carboxylic acids is 1. The lowest BCUT2D eigenvalue weighted by Gasteiger charge is -2.12. The first-order valence-corrected chi connectivity index (χ1v) is 12.9. The zero-order chi connectivity index (χ0) is 30.0. The third-order valence-electron chi connectivity index (χ3n) is 6.85. The van der Waals surface area contributed by atoms with E-state index in [1.54, 1.807) is 43.3 Å². The van der Waals surface area contributed by atoms with Gasteiger partial charge in [0.15, 0.2) is 11.3 Å². The Balaban J connectivity index is 1.70. The van der Waals surface area contributed by atoms with Crippen molar-refractivity contribution in [2.75, 3.05) is 24.0 Å². The monoisotopic (exact) mass is 565 g/mol. The van der Waals surface area contributed by atoms with Crippen molar-refractivity contribution in [2.45, 2.75) is 13.5 Å². The molecule has 0 aliphatic carbocycles.